The second kappa shape index (κ2) is 4.35. The van der Waals surface area contributed by atoms with E-state index in [-0.39, 0.29) is 5.97 Å². The Morgan fingerprint density at radius 1 is 1.44 bits per heavy atom. The van der Waals surface area contributed by atoms with Crippen LogP contribution in [0.15, 0.2) is 18.2 Å². The van der Waals surface area contributed by atoms with Crippen molar-refractivity contribution in [3.05, 3.63) is 29.6 Å². The molecule has 4 nitrogen and oxygen atoms in total. The number of hydrogen-bond acceptors (Lipinski definition) is 3. The van der Waals surface area contributed by atoms with Gasteiger partial charge in [0.1, 0.15) is 5.82 Å². The number of H-pyrrole nitrogens is 1. The van der Waals surface area contributed by atoms with Gasteiger partial charge in [0.05, 0.1) is 23.2 Å². The van der Waals surface area contributed by atoms with Crippen molar-refractivity contribution in [3.8, 4) is 0 Å². The SMILES string of the molecule is CCOC(=O)c1ccc2nc(CC)[nH]c2c1. The Labute approximate surface area is 93.6 Å². The molecule has 0 unspecified atom stereocenters. The third-order valence-corrected chi connectivity index (χ3v) is 2.38. The Morgan fingerprint density at radius 2 is 2.25 bits per heavy atom. The van der Waals surface area contributed by atoms with Gasteiger partial charge in [-0.1, -0.05) is 6.92 Å². The highest BCUT2D eigenvalue weighted by Crippen LogP contribution is 2.14. The molecule has 0 fully saturated rings. The summed E-state index contributed by atoms with van der Waals surface area (Å²) < 4.78 is 4.94. The first-order valence-corrected chi connectivity index (χ1v) is 5.40. The van der Waals surface area contributed by atoms with Gasteiger partial charge in [-0.25, -0.2) is 9.78 Å². The number of aromatic nitrogens is 2. The number of rotatable bonds is 3. The number of carbonyl (C=O) groups is 1. The van der Waals surface area contributed by atoms with Crippen LogP contribution in [0.4, 0.5) is 0 Å². The van der Waals surface area contributed by atoms with Crippen LogP contribution in [0.5, 0.6) is 0 Å². The van der Waals surface area contributed by atoms with E-state index in [2.05, 4.69) is 9.97 Å². The van der Waals surface area contributed by atoms with Crippen LogP contribution < -0.4 is 0 Å². The average Bonchev–Trinajstić information content (AvgIpc) is 2.70. The van der Waals surface area contributed by atoms with Gasteiger partial charge in [0, 0.05) is 6.42 Å². The molecule has 1 N–H and O–H groups in total. The lowest BCUT2D eigenvalue weighted by atomic mass is 10.2. The molecule has 0 aliphatic heterocycles. The van der Waals surface area contributed by atoms with E-state index in [1.807, 2.05) is 13.0 Å². The van der Waals surface area contributed by atoms with Gasteiger partial charge >= 0.3 is 5.97 Å². The lowest BCUT2D eigenvalue weighted by molar-refractivity contribution is 0.0526. The molecule has 2 rings (SSSR count). The van der Waals surface area contributed by atoms with E-state index in [0.29, 0.717) is 12.2 Å². The van der Waals surface area contributed by atoms with E-state index in [1.54, 1.807) is 19.1 Å². The number of ether oxygens (including phenoxy) is 1. The number of aromatic amines is 1. The lowest BCUT2D eigenvalue weighted by Crippen LogP contribution is -2.04. The van der Waals surface area contributed by atoms with E-state index in [0.717, 1.165) is 23.3 Å². The fourth-order valence-corrected chi connectivity index (χ4v) is 1.57. The summed E-state index contributed by atoms with van der Waals surface area (Å²) in [6.45, 7) is 4.21. The number of fused-ring (bicyclic) bond motifs is 1. The number of hydrogen-bond donors (Lipinski definition) is 1. The molecule has 0 saturated heterocycles. The Kier molecular flexibility index (Phi) is 2.90. The van der Waals surface area contributed by atoms with Gasteiger partial charge in [-0.3, -0.25) is 0 Å². The van der Waals surface area contributed by atoms with Crippen LogP contribution >= 0.6 is 0 Å². The van der Waals surface area contributed by atoms with Gasteiger partial charge in [-0.15, -0.1) is 0 Å². The van der Waals surface area contributed by atoms with Crippen LogP contribution in [0.25, 0.3) is 11.0 Å². The van der Waals surface area contributed by atoms with E-state index >= 15 is 0 Å². The standard InChI is InChI=1S/C12H14N2O2/c1-3-11-13-9-6-5-8(7-10(9)14-11)12(15)16-4-2/h5-7H,3-4H2,1-2H3,(H,13,14). The zero-order valence-electron chi connectivity index (χ0n) is 9.41. The molecule has 1 aromatic heterocycles. The summed E-state index contributed by atoms with van der Waals surface area (Å²) in [7, 11) is 0. The molecular formula is C12H14N2O2. The molecular weight excluding hydrogens is 204 g/mol. The van der Waals surface area contributed by atoms with Crippen LogP contribution in [-0.2, 0) is 11.2 Å². The van der Waals surface area contributed by atoms with Crippen molar-refractivity contribution < 1.29 is 9.53 Å². The molecule has 84 valence electrons. The van der Waals surface area contributed by atoms with Crippen molar-refractivity contribution in [1.29, 1.82) is 0 Å². The topological polar surface area (TPSA) is 55.0 Å². The molecule has 0 amide bonds. The Hall–Kier alpha value is -1.84. The van der Waals surface area contributed by atoms with Gasteiger partial charge in [-0.05, 0) is 25.1 Å². The van der Waals surface area contributed by atoms with E-state index in [1.165, 1.54) is 0 Å². The molecule has 1 aromatic carbocycles. The first-order chi connectivity index (χ1) is 7.74. The molecule has 1 heterocycles. The van der Waals surface area contributed by atoms with Crippen molar-refractivity contribution >= 4 is 17.0 Å². The average molecular weight is 218 g/mol. The van der Waals surface area contributed by atoms with Crippen molar-refractivity contribution in [2.45, 2.75) is 20.3 Å². The third kappa shape index (κ3) is 1.91. The molecule has 0 radical (unpaired) electrons. The Morgan fingerprint density at radius 3 is 2.94 bits per heavy atom. The van der Waals surface area contributed by atoms with Crippen LogP contribution in [0.1, 0.15) is 30.0 Å². The van der Waals surface area contributed by atoms with Crippen molar-refractivity contribution in [2.24, 2.45) is 0 Å². The largest absolute Gasteiger partial charge is 0.462 e. The zero-order chi connectivity index (χ0) is 11.5. The monoisotopic (exact) mass is 218 g/mol. The first kappa shape index (κ1) is 10.7. The fourth-order valence-electron chi connectivity index (χ4n) is 1.57. The van der Waals surface area contributed by atoms with Gasteiger partial charge in [0.25, 0.3) is 0 Å². The molecule has 0 spiro atoms. The molecule has 0 aliphatic rings. The van der Waals surface area contributed by atoms with Crippen molar-refractivity contribution in [2.75, 3.05) is 6.61 Å². The zero-order valence-corrected chi connectivity index (χ0v) is 9.41. The predicted octanol–water partition coefficient (Wildman–Crippen LogP) is 2.30. The maximum Gasteiger partial charge on any atom is 0.338 e. The summed E-state index contributed by atoms with van der Waals surface area (Å²) in [5.41, 5.74) is 2.31. The number of nitrogens with zero attached hydrogens (tertiary/aromatic N) is 1. The van der Waals surface area contributed by atoms with E-state index in [9.17, 15) is 4.79 Å². The number of imidazole rings is 1. The highest BCUT2D eigenvalue weighted by molar-refractivity contribution is 5.93. The minimum Gasteiger partial charge on any atom is -0.462 e. The summed E-state index contributed by atoms with van der Waals surface area (Å²) in [6.07, 6.45) is 0.851. The molecule has 0 bridgehead atoms. The lowest BCUT2D eigenvalue weighted by Gasteiger charge is -2.00. The maximum atomic E-state index is 11.5. The number of aryl methyl sites for hydroxylation is 1. The predicted molar refractivity (Wildman–Crippen MR) is 61.4 cm³/mol. The second-order valence-corrected chi connectivity index (χ2v) is 3.49. The number of carbonyl (C=O) groups excluding carboxylic acids is 1. The van der Waals surface area contributed by atoms with E-state index in [4.69, 9.17) is 4.74 Å². The summed E-state index contributed by atoms with van der Waals surface area (Å²) in [4.78, 5) is 19.0. The van der Waals surface area contributed by atoms with E-state index < -0.39 is 0 Å². The first-order valence-electron chi connectivity index (χ1n) is 5.40. The van der Waals surface area contributed by atoms with Gasteiger partial charge < -0.3 is 9.72 Å². The van der Waals surface area contributed by atoms with Crippen LogP contribution in [0.2, 0.25) is 0 Å². The Bertz CT molecular complexity index is 517. The molecule has 16 heavy (non-hydrogen) atoms. The third-order valence-electron chi connectivity index (χ3n) is 2.38. The maximum absolute atomic E-state index is 11.5. The summed E-state index contributed by atoms with van der Waals surface area (Å²) >= 11 is 0. The highest BCUT2D eigenvalue weighted by Gasteiger charge is 2.08. The fraction of sp³-hybridized carbons (Fsp3) is 0.333. The number of benzene rings is 1. The van der Waals surface area contributed by atoms with Gasteiger partial charge in [0.2, 0.25) is 0 Å². The summed E-state index contributed by atoms with van der Waals surface area (Å²) in [6, 6.07) is 5.34. The summed E-state index contributed by atoms with van der Waals surface area (Å²) in [5, 5.41) is 0. The quantitative estimate of drug-likeness (QED) is 0.804. The molecule has 2 aromatic rings. The van der Waals surface area contributed by atoms with Gasteiger partial charge in [0.15, 0.2) is 0 Å². The molecule has 0 aliphatic carbocycles. The Balaban J connectivity index is 2.39. The smallest absolute Gasteiger partial charge is 0.338 e. The van der Waals surface area contributed by atoms with Gasteiger partial charge in [-0.2, -0.15) is 0 Å². The van der Waals surface area contributed by atoms with Crippen LogP contribution in [0.3, 0.4) is 0 Å². The minimum absolute atomic E-state index is 0.294. The normalized spacial score (nSPS) is 10.6. The minimum atomic E-state index is -0.294. The number of esters is 1. The molecule has 0 atom stereocenters. The molecule has 4 heteroatoms. The van der Waals surface area contributed by atoms with Crippen LogP contribution in [0, 0.1) is 0 Å². The van der Waals surface area contributed by atoms with Crippen LogP contribution in [-0.4, -0.2) is 22.5 Å². The van der Waals surface area contributed by atoms with Crippen molar-refractivity contribution in [1.82, 2.24) is 9.97 Å². The summed E-state index contributed by atoms with van der Waals surface area (Å²) in [5.74, 6) is 0.632. The van der Waals surface area contributed by atoms with Crippen molar-refractivity contribution in [3.63, 3.8) is 0 Å². The number of nitrogens with one attached hydrogen (secondary N) is 1. The molecule has 0 saturated carbocycles. The second-order valence-electron chi connectivity index (χ2n) is 3.49. The highest BCUT2D eigenvalue weighted by atomic mass is 16.5.